The Balaban J connectivity index is 1.93. The van der Waals surface area contributed by atoms with Crippen molar-refractivity contribution in [2.45, 2.75) is 6.92 Å². The number of benzene rings is 1. The summed E-state index contributed by atoms with van der Waals surface area (Å²) < 4.78 is 1.39. The summed E-state index contributed by atoms with van der Waals surface area (Å²) in [5.74, 6) is 0.657. The first-order valence-corrected chi connectivity index (χ1v) is 6.39. The maximum Gasteiger partial charge on any atom is 0.258 e. The van der Waals surface area contributed by atoms with Crippen LogP contribution < -0.4 is 11.1 Å². The van der Waals surface area contributed by atoms with E-state index in [9.17, 15) is 0 Å². The Bertz CT molecular complexity index is 771. The number of nitrogen functional groups attached to an aromatic ring is 1. The molecule has 9 heteroatoms. The van der Waals surface area contributed by atoms with Crippen LogP contribution in [0.2, 0.25) is 5.02 Å². The Morgan fingerprint density at radius 1 is 1.24 bits per heavy atom. The zero-order valence-corrected chi connectivity index (χ0v) is 11.8. The molecule has 3 rings (SSSR count). The number of aryl methyl sites for hydroxylation is 1. The molecule has 0 saturated carbocycles. The summed E-state index contributed by atoms with van der Waals surface area (Å²) in [5, 5.41) is 7.63. The highest BCUT2D eigenvalue weighted by Gasteiger charge is 2.08. The Labute approximate surface area is 125 Å². The third-order valence-electron chi connectivity index (χ3n) is 2.69. The third kappa shape index (κ3) is 2.90. The van der Waals surface area contributed by atoms with Crippen molar-refractivity contribution in [3.8, 4) is 5.95 Å². The van der Waals surface area contributed by atoms with Crippen molar-refractivity contribution >= 4 is 29.2 Å². The van der Waals surface area contributed by atoms with Crippen LogP contribution in [0.1, 0.15) is 5.56 Å². The summed E-state index contributed by atoms with van der Waals surface area (Å²) in [6.07, 6.45) is 2.86. The Kier molecular flexibility index (Phi) is 3.36. The van der Waals surface area contributed by atoms with Gasteiger partial charge in [0.2, 0.25) is 11.9 Å². The van der Waals surface area contributed by atoms with Gasteiger partial charge < -0.3 is 11.1 Å². The predicted molar refractivity (Wildman–Crippen MR) is 78.6 cm³/mol. The lowest BCUT2D eigenvalue weighted by atomic mass is 10.2. The van der Waals surface area contributed by atoms with Gasteiger partial charge in [0, 0.05) is 10.7 Å². The second kappa shape index (κ2) is 5.33. The molecule has 2 heterocycles. The van der Waals surface area contributed by atoms with Gasteiger partial charge in [0.25, 0.3) is 5.95 Å². The second-order valence-electron chi connectivity index (χ2n) is 4.25. The fourth-order valence-corrected chi connectivity index (χ4v) is 1.83. The fraction of sp³-hybridized carbons (Fsp3) is 0.0833. The first-order chi connectivity index (χ1) is 10.1. The minimum atomic E-state index is 0.0798. The highest BCUT2D eigenvalue weighted by Crippen LogP contribution is 2.22. The third-order valence-corrected chi connectivity index (χ3v) is 3.10. The van der Waals surface area contributed by atoms with Gasteiger partial charge in [0.1, 0.15) is 12.7 Å². The van der Waals surface area contributed by atoms with E-state index >= 15 is 0 Å². The molecular weight excluding hydrogens is 292 g/mol. The molecule has 8 nitrogen and oxygen atoms in total. The van der Waals surface area contributed by atoms with Crippen molar-refractivity contribution in [1.82, 2.24) is 29.7 Å². The second-order valence-corrected chi connectivity index (χ2v) is 4.65. The summed E-state index contributed by atoms with van der Waals surface area (Å²) in [5.41, 5.74) is 7.42. The van der Waals surface area contributed by atoms with Crippen LogP contribution in [0.4, 0.5) is 17.6 Å². The highest BCUT2D eigenvalue weighted by atomic mass is 35.5. The molecule has 0 radical (unpaired) electrons. The zero-order valence-electron chi connectivity index (χ0n) is 11.0. The molecule has 0 aliphatic carbocycles. The summed E-state index contributed by atoms with van der Waals surface area (Å²) in [4.78, 5) is 16.1. The normalized spacial score (nSPS) is 10.6. The number of rotatable bonds is 3. The average molecular weight is 303 g/mol. The molecule has 0 unspecified atom stereocenters. The summed E-state index contributed by atoms with van der Waals surface area (Å²) in [6, 6.07) is 5.55. The van der Waals surface area contributed by atoms with Crippen LogP contribution in [0.3, 0.4) is 0 Å². The standard InChI is InChI=1S/C12H11ClN8/c1-7-2-3-8(4-9(7)13)17-11-18-10(14)19-12(20-11)21-6-15-5-16-21/h2-6H,1H3,(H3,14,17,18,19,20). The quantitative estimate of drug-likeness (QED) is 0.758. The van der Waals surface area contributed by atoms with Crippen LogP contribution >= 0.6 is 11.6 Å². The number of hydrogen-bond donors (Lipinski definition) is 2. The van der Waals surface area contributed by atoms with Gasteiger partial charge in [-0.3, -0.25) is 0 Å². The molecule has 3 N–H and O–H groups in total. The SMILES string of the molecule is Cc1ccc(Nc2nc(N)nc(-n3cncn3)n2)cc1Cl. The molecule has 0 spiro atoms. The molecule has 2 aromatic heterocycles. The summed E-state index contributed by atoms with van der Waals surface area (Å²) in [7, 11) is 0. The maximum atomic E-state index is 6.08. The minimum Gasteiger partial charge on any atom is -0.368 e. The van der Waals surface area contributed by atoms with Crippen molar-refractivity contribution in [3.05, 3.63) is 41.4 Å². The van der Waals surface area contributed by atoms with Crippen molar-refractivity contribution in [1.29, 1.82) is 0 Å². The number of halogens is 1. The van der Waals surface area contributed by atoms with Crippen molar-refractivity contribution in [2.75, 3.05) is 11.1 Å². The van der Waals surface area contributed by atoms with Gasteiger partial charge in [-0.15, -0.1) is 0 Å². The number of hydrogen-bond acceptors (Lipinski definition) is 7. The van der Waals surface area contributed by atoms with E-state index in [0.717, 1.165) is 11.3 Å². The van der Waals surface area contributed by atoms with Crippen LogP contribution in [0.25, 0.3) is 5.95 Å². The molecule has 0 amide bonds. The average Bonchev–Trinajstić information content (AvgIpc) is 2.96. The first-order valence-electron chi connectivity index (χ1n) is 6.01. The lowest BCUT2D eigenvalue weighted by Crippen LogP contribution is -2.09. The van der Waals surface area contributed by atoms with Crippen LogP contribution in [0.15, 0.2) is 30.9 Å². The zero-order chi connectivity index (χ0) is 14.8. The number of anilines is 3. The largest absolute Gasteiger partial charge is 0.368 e. The predicted octanol–water partition coefficient (Wildman–Crippen LogP) is 1.74. The fourth-order valence-electron chi connectivity index (χ4n) is 1.65. The van der Waals surface area contributed by atoms with Gasteiger partial charge in [-0.05, 0) is 24.6 Å². The molecule has 1 aromatic carbocycles. The topological polar surface area (TPSA) is 107 Å². The van der Waals surface area contributed by atoms with Crippen molar-refractivity contribution in [3.63, 3.8) is 0 Å². The molecule has 0 aliphatic heterocycles. The molecule has 0 aliphatic rings. The molecule has 3 aromatic rings. The van der Waals surface area contributed by atoms with Gasteiger partial charge in [-0.2, -0.15) is 24.7 Å². The van der Waals surface area contributed by atoms with E-state index in [2.05, 4.69) is 30.4 Å². The number of aromatic nitrogens is 6. The van der Waals surface area contributed by atoms with Crippen molar-refractivity contribution in [2.24, 2.45) is 0 Å². The van der Waals surface area contributed by atoms with Crippen LogP contribution in [0.5, 0.6) is 0 Å². The van der Waals surface area contributed by atoms with Crippen LogP contribution in [-0.2, 0) is 0 Å². The molecule has 0 saturated heterocycles. The van der Waals surface area contributed by atoms with E-state index in [-0.39, 0.29) is 11.9 Å². The number of nitrogens with two attached hydrogens (primary N) is 1. The van der Waals surface area contributed by atoms with Crippen LogP contribution in [-0.4, -0.2) is 29.7 Å². The van der Waals surface area contributed by atoms with Gasteiger partial charge in [-0.1, -0.05) is 17.7 Å². The summed E-state index contributed by atoms with van der Waals surface area (Å²) in [6.45, 7) is 1.93. The van der Waals surface area contributed by atoms with Gasteiger partial charge in [0.15, 0.2) is 0 Å². The van der Waals surface area contributed by atoms with E-state index in [1.54, 1.807) is 6.07 Å². The van der Waals surface area contributed by atoms with E-state index in [1.165, 1.54) is 17.3 Å². The Hall–Kier alpha value is -2.74. The smallest absolute Gasteiger partial charge is 0.258 e. The van der Waals surface area contributed by atoms with Gasteiger partial charge >= 0.3 is 0 Å². The molecule has 21 heavy (non-hydrogen) atoms. The first kappa shape index (κ1) is 13.3. The Morgan fingerprint density at radius 3 is 2.81 bits per heavy atom. The Morgan fingerprint density at radius 2 is 2.10 bits per heavy atom. The lowest BCUT2D eigenvalue weighted by Gasteiger charge is -2.08. The number of nitrogens with one attached hydrogen (secondary N) is 1. The van der Waals surface area contributed by atoms with E-state index < -0.39 is 0 Å². The molecule has 106 valence electrons. The molecule has 0 atom stereocenters. The van der Waals surface area contributed by atoms with E-state index in [4.69, 9.17) is 17.3 Å². The molecule has 0 bridgehead atoms. The maximum absolute atomic E-state index is 6.08. The van der Waals surface area contributed by atoms with Crippen molar-refractivity contribution < 1.29 is 0 Å². The monoisotopic (exact) mass is 302 g/mol. The van der Waals surface area contributed by atoms with Gasteiger partial charge in [0.05, 0.1) is 0 Å². The van der Waals surface area contributed by atoms with E-state index in [0.29, 0.717) is 11.0 Å². The van der Waals surface area contributed by atoms with Crippen LogP contribution in [0, 0.1) is 6.92 Å². The lowest BCUT2D eigenvalue weighted by molar-refractivity contribution is 0.800. The highest BCUT2D eigenvalue weighted by molar-refractivity contribution is 6.31. The molecule has 0 fully saturated rings. The van der Waals surface area contributed by atoms with Gasteiger partial charge in [-0.25, -0.2) is 4.98 Å². The summed E-state index contributed by atoms with van der Waals surface area (Å²) >= 11 is 6.08. The minimum absolute atomic E-state index is 0.0798. The molecular formula is C12H11ClN8. The van der Waals surface area contributed by atoms with E-state index in [1.807, 2.05) is 19.1 Å². The number of nitrogens with zero attached hydrogens (tertiary/aromatic N) is 6.